The van der Waals surface area contributed by atoms with Gasteiger partial charge in [-0.3, -0.25) is 9.68 Å². The number of rotatable bonds is 6. The van der Waals surface area contributed by atoms with Gasteiger partial charge in [0.2, 0.25) is 0 Å². The molecule has 0 saturated heterocycles. The SMILES string of the molecule is CC/C(C)=N/OC(=O)NCNC(=O)O/N=C(\C)CC. The van der Waals surface area contributed by atoms with Crippen LogP contribution >= 0.6 is 0 Å². The highest BCUT2D eigenvalue weighted by Gasteiger charge is 2.04. The Morgan fingerprint density at radius 2 is 1.26 bits per heavy atom. The lowest BCUT2D eigenvalue weighted by Crippen LogP contribution is -2.37. The summed E-state index contributed by atoms with van der Waals surface area (Å²) in [5.74, 6) is 0. The Balaban J connectivity index is 3.79. The summed E-state index contributed by atoms with van der Waals surface area (Å²) in [5.41, 5.74) is 1.37. The monoisotopic (exact) mass is 272 g/mol. The van der Waals surface area contributed by atoms with Gasteiger partial charge >= 0.3 is 12.2 Å². The molecule has 0 aliphatic carbocycles. The highest BCUT2D eigenvalue weighted by Crippen LogP contribution is 1.88. The first kappa shape index (κ1) is 16.9. The lowest BCUT2D eigenvalue weighted by Gasteiger charge is -2.04. The van der Waals surface area contributed by atoms with Crippen molar-refractivity contribution < 1.29 is 19.3 Å². The predicted octanol–water partition coefficient (Wildman–Crippen LogP) is 1.97. The molecule has 19 heavy (non-hydrogen) atoms. The van der Waals surface area contributed by atoms with Crippen molar-refractivity contribution >= 4 is 23.6 Å². The van der Waals surface area contributed by atoms with E-state index in [-0.39, 0.29) is 6.67 Å². The number of nitrogens with one attached hydrogen (secondary N) is 2. The molecule has 2 N–H and O–H groups in total. The first-order valence-electron chi connectivity index (χ1n) is 5.96. The number of oxime groups is 2. The van der Waals surface area contributed by atoms with E-state index in [0.29, 0.717) is 24.3 Å². The summed E-state index contributed by atoms with van der Waals surface area (Å²) in [5, 5.41) is 11.6. The van der Waals surface area contributed by atoms with Gasteiger partial charge in [0.25, 0.3) is 0 Å². The lowest BCUT2D eigenvalue weighted by atomic mass is 10.3. The van der Waals surface area contributed by atoms with Gasteiger partial charge < -0.3 is 10.6 Å². The van der Waals surface area contributed by atoms with E-state index in [1.165, 1.54) is 0 Å². The molecule has 0 radical (unpaired) electrons. The zero-order valence-electron chi connectivity index (χ0n) is 11.6. The summed E-state index contributed by atoms with van der Waals surface area (Å²) < 4.78 is 0. The summed E-state index contributed by atoms with van der Waals surface area (Å²) >= 11 is 0. The lowest BCUT2D eigenvalue weighted by molar-refractivity contribution is 0.141. The summed E-state index contributed by atoms with van der Waals surface area (Å²) in [6.45, 7) is 7.10. The molecule has 0 heterocycles. The van der Waals surface area contributed by atoms with Crippen molar-refractivity contribution in [3.8, 4) is 0 Å². The molecule has 0 spiro atoms. The molecule has 0 unspecified atom stereocenters. The van der Waals surface area contributed by atoms with Crippen LogP contribution in [0, 0.1) is 0 Å². The van der Waals surface area contributed by atoms with Crippen LogP contribution in [0.5, 0.6) is 0 Å². The van der Waals surface area contributed by atoms with Gasteiger partial charge in [0.1, 0.15) is 0 Å². The molecule has 0 saturated carbocycles. The molecule has 0 aromatic rings. The van der Waals surface area contributed by atoms with E-state index in [2.05, 4.69) is 30.6 Å². The maximum absolute atomic E-state index is 11.1. The van der Waals surface area contributed by atoms with E-state index < -0.39 is 12.2 Å². The number of nitrogens with zero attached hydrogens (tertiary/aromatic N) is 2. The molecule has 0 bridgehead atoms. The molecule has 2 amide bonds. The van der Waals surface area contributed by atoms with Gasteiger partial charge in [-0.1, -0.05) is 24.2 Å². The Morgan fingerprint density at radius 3 is 1.58 bits per heavy atom. The third kappa shape index (κ3) is 9.57. The molecule has 0 aliphatic rings. The molecule has 8 heteroatoms. The summed E-state index contributed by atoms with van der Waals surface area (Å²) in [7, 11) is 0. The van der Waals surface area contributed by atoms with Gasteiger partial charge in [0.15, 0.2) is 0 Å². The van der Waals surface area contributed by atoms with E-state index in [0.717, 1.165) is 0 Å². The Hall–Kier alpha value is -2.12. The van der Waals surface area contributed by atoms with Crippen molar-refractivity contribution in [3.05, 3.63) is 0 Å². The van der Waals surface area contributed by atoms with E-state index >= 15 is 0 Å². The zero-order valence-corrected chi connectivity index (χ0v) is 11.6. The minimum Gasteiger partial charge on any atom is -0.302 e. The van der Waals surface area contributed by atoms with Crippen molar-refractivity contribution in [1.29, 1.82) is 0 Å². The first-order chi connectivity index (χ1) is 8.99. The van der Waals surface area contributed by atoms with Crippen LogP contribution in [0.1, 0.15) is 40.5 Å². The van der Waals surface area contributed by atoms with E-state index in [1.807, 2.05) is 13.8 Å². The predicted molar refractivity (Wildman–Crippen MR) is 70.9 cm³/mol. The van der Waals surface area contributed by atoms with Gasteiger partial charge in [-0.15, -0.1) is 0 Å². The molecule has 0 aromatic carbocycles. The Morgan fingerprint density at radius 1 is 0.895 bits per heavy atom. The summed E-state index contributed by atoms with van der Waals surface area (Å²) in [6, 6.07) is 0. The van der Waals surface area contributed by atoms with Gasteiger partial charge in [-0.05, 0) is 26.7 Å². The fraction of sp³-hybridized carbons (Fsp3) is 0.636. The highest BCUT2D eigenvalue weighted by atomic mass is 16.7. The Bertz CT molecular complexity index is 332. The smallest absolute Gasteiger partial charge is 0.302 e. The van der Waals surface area contributed by atoms with E-state index in [1.54, 1.807) is 13.8 Å². The number of amides is 2. The number of hydrogen-bond acceptors (Lipinski definition) is 6. The molecule has 0 aliphatic heterocycles. The Labute approximate surface area is 112 Å². The van der Waals surface area contributed by atoms with Crippen molar-refractivity contribution in [2.24, 2.45) is 10.3 Å². The first-order valence-corrected chi connectivity index (χ1v) is 5.96. The third-order valence-corrected chi connectivity index (χ3v) is 2.06. The average Bonchev–Trinajstić information content (AvgIpc) is 2.41. The van der Waals surface area contributed by atoms with Crippen LogP contribution in [0.25, 0.3) is 0 Å². The largest absolute Gasteiger partial charge is 0.434 e. The molecule has 8 nitrogen and oxygen atoms in total. The van der Waals surface area contributed by atoms with E-state index in [4.69, 9.17) is 0 Å². The molecule has 108 valence electrons. The zero-order chi connectivity index (χ0) is 14.7. The van der Waals surface area contributed by atoms with Crippen molar-refractivity contribution in [1.82, 2.24) is 10.6 Å². The minimum atomic E-state index is -0.763. The maximum atomic E-state index is 11.1. The van der Waals surface area contributed by atoms with Gasteiger partial charge in [-0.2, -0.15) is 0 Å². The summed E-state index contributed by atoms with van der Waals surface area (Å²) in [4.78, 5) is 31.2. The second-order valence-corrected chi connectivity index (χ2v) is 3.65. The van der Waals surface area contributed by atoms with Crippen LogP contribution in [-0.2, 0) is 9.68 Å². The van der Waals surface area contributed by atoms with Crippen LogP contribution in [0.4, 0.5) is 9.59 Å². The maximum Gasteiger partial charge on any atom is 0.434 e. The normalized spacial score (nSPS) is 11.8. The second-order valence-electron chi connectivity index (χ2n) is 3.65. The molecule has 0 atom stereocenters. The molecule has 0 aromatic heterocycles. The van der Waals surface area contributed by atoms with Crippen molar-refractivity contribution in [2.75, 3.05) is 6.67 Å². The number of carbonyl (C=O) groups excluding carboxylic acids is 2. The van der Waals surface area contributed by atoms with Crippen molar-refractivity contribution in [3.63, 3.8) is 0 Å². The van der Waals surface area contributed by atoms with Crippen LogP contribution in [0.3, 0.4) is 0 Å². The van der Waals surface area contributed by atoms with Crippen LogP contribution < -0.4 is 10.6 Å². The second kappa shape index (κ2) is 9.86. The van der Waals surface area contributed by atoms with Gasteiger partial charge in [0, 0.05) is 0 Å². The van der Waals surface area contributed by atoms with Gasteiger partial charge in [0.05, 0.1) is 18.1 Å². The molecular weight excluding hydrogens is 252 g/mol. The summed E-state index contributed by atoms with van der Waals surface area (Å²) in [6.07, 6.45) is -0.151. The van der Waals surface area contributed by atoms with E-state index in [9.17, 15) is 9.59 Å². The van der Waals surface area contributed by atoms with Gasteiger partial charge in [-0.25, -0.2) is 9.59 Å². The topological polar surface area (TPSA) is 101 Å². The Kier molecular flexibility index (Phi) is 8.76. The standard InChI is InChI=1S/C11H20N4O4/c1-5-8(3)14-18-10(16)12-7-13-11(17)19-15-9(4)6-2/h5-7H2,1-4H3,(H,12,16)(H,13,17)/b14-8+,15-9+. The average molecular weight is 272 g/mol. The molecular formula is C11H20N4O4. The molecule has 0 rings (SSSR count). The highest BCUT2D eigenvalue weighted by molar-refractivity contribution is 5.82. The van der Waals surface area contributed by atoms with Crippen molar-refractivity contribution in [2.45, 2.75) is 40.5 Å². The quantitative estimate of drug-likeness (QED) is 0.334. The minimum absolute atomic E-state index is 0.140. The fourth-order valence-electron chi connectivity index (χ4n) is 0.621. The number of carbonyl (C=O) groups is 2. The number of hydrogen-bond donors (Lipinski definition) is 2. The third-order valence-electron chi connectivity index (χ3n) is 2.06. The molecule has 0 fully saturated rings. The van der Waals surface area contributed by atoms with Crippen LogP contribution in [-0.4, -0.2) is 30.3 Å². The van der Waals surface area contributed by atoms with Crippen LogP contribution in [0.2, 0.25) is 0 Å². The fourth-order valence-corrected chi connectivity index (χ4v) is 0.621. The van der Waals surface area contributed by atoms with Crippen LogP contribution in [0.15, 0.2) is 10.3 Å².